The highest BCUT2D eigenvalue weighted by Crippen LogP contribution is 2.22. The number of carboxylic acid groups (broad SMARTS) is 9. The van der Waals surface area contributed by atoms with Crippen molar-refractivity contribution < 1.29 is 157 Å². The zero-order valence-electron chi connectivity index (χ0n) is 39.1. The van der Waals surface area contributed by atoms with Crippen LogP contribution in [-0.2, 0) is 83.6 Å². The Bertz CT molecular complexity index is 1780. The zero-order valence-corrected chi connectivity index (χ0v) is 39.1. The molecule has 0 atom stereocenters. The number of carboxylic acids is 9. The van der Waals surface area contributed by atoms with Crippen molar-refractivity contribution in [2.45, 2.75) is 97.1 Å². The topological polar surface area (TPSA) is 464 Å². The van der Waals surface area contributed by atoms with Crippen LogP contribution >= 0.6 is 0 Å². The highest BCUT2D eigenvalue weighted by Gasteiger charge is 2.29. The number of H-pyrrole nitrogens is 3. The van der Waals surface area contributed by atoms with Gasteiger partial charge in [-0.2, -0.15) is 39.5 Å². The summed E-state index contributed by atoms with van der Waals surface area (Å²) in [6.45, 7) is 6.39. The Balaban J connectivity index is -0.000000134. The minimum Gasteiger partial charge on any atom is -0.907 e. The van der Waals surface area contributed by atoms with E-state index in [1.54, 1.807) is 0 Å². The van der Waals surface area contributed by atoms with Crippen LogP contribution in [0.3, 0.4) is 0 Å². The van der Waals surface area contributed by atoms with Crippen molar-refractivity contribution in [2.75, 3.05) is 0 Å². The molecule has 0 saturated heterocycles. The first kappa shape index (κ1) is 79.3. The molecule has 420 valence electrons. The number of aromatic nitrogens is 6. The molecule has 73 heavy (non-hydrogen) atoms. The molecule has 0 aliphatic heterocycles. The number of imidazole rings is 3. The van der Waals surface area contributed by atoms with E-state index in [-0.39, 0.29) is 0 Å². The largest absolute Gasteiger partial charge is 0.907 e. The van der Waals surface area contributed by atoms with Gasteiger partial charge in [0.15, 0.2) is 0 Å². The van der Waals surface area contributed by atoms with Crippen molar-refractivity contribution >= 4 is 61.0 Å². The minimum absolute atomic E-state index is 0.844. The van der Waals surface area contributed by atoms with E-state index in [1.165, 1.54) is 17.5 Å². The maximum atomic E-state index is 11.2. The maximum absolute atomic E-state index is 11.2. The summed E-state index contributed by atoms with van der Waals surface area (Å²) in [7, 11) is 3.19. The molecule has 37 heteroatoms. The van der Waals surface area contributed by atoms with Crippen LogP contribution in [0.2, 0.25) is 0 Å². The van der Waals surface area contributed by atoms with E-state index in [2.05, 4.69) is 49.4 Å². The first-order chi connectivity index (χ1) is 32.9. The predicted molar refractivity (Wildman–Crippen MR) is 214 cm³/mol. The van der Waals surface area contributed by atoms with Gasteiger partial charge in [0.25, 0.3) is 17.5 Å². The smallest absolute Gasteiger partial charge is 0.414 e. The molecule has 3 aromatic heterocycles. The van der Waals surface area contributed by atoms with Crippen molar-refractivity contribution in [3.63, 3.8) is 0 Å². The molecule has 3 aromatic rings. The number of nitrogens with one attached hydrogen (secondary N) is 3. The number of hydrogen-bond donors (Lipinski definition) is 12. The number of aromatic amines is 3. The molecule has 0 bridgehead atoms. The Morgan fingerprint density at radius 2 is 0.575 bits per heavy atom. The standard InChI is InChI=1S/3C6H10N2.3C4H5F3O2.3C2H2O4.BO3/c3*1-3-6-7-4-5-8(6)2;3*5-4(6,7)2-1-3(8)9;3*3-1(4)2(5)6;2-1(3)4/h3*4-5H,3H2,1-2H3;3*1-2H2,(H,8,9);3*(H,3,4)(H,5,6);/q;;;;;;;;;-3/p+3. The SMILES string of the molecule is CCc1[nH]cc[n+]1C.CCc1[nH]cc[n+]1C.CCc1[nH]cc[n+]1C.O=C(O)C(=O)O.O=C(O)C(=O)O.O=C(O)C(=O)O.O=C(O)CCC(F)(F)F.O=C(O)CCC(F)(F)F.O=C(O)CCC(F)(F)F.[O-]B([O-])[O-]. The second-order valence-electron chi connectivity index (χ2n) is 12.3. The summed E-state index contributed by atoms with van der Waals surface area (Å²) < 4.78 is 107. The molecular formula is C36H54BF9N6O21. The molecule has 3 rings (SSSR count). The second-order valence-corrected chi connectivity index (χ2v) is 12.3. The molecule has 0 aliphatic carbocycles. The summed E-state index contributed by atoms with van der Waals surface area (Å²) in [6.07, 6.45) is -4.23. The van der Waals surface area contributed by atoms with Gasteiger partial charge in [0.2, 0.25) is 0 Å². The molecule has 0 radical (unpaired) electrons. The van der Waals surface area contributed by atoms with E-state index in [0.29, 0.717) is 0 Å². The fraction of sp³-hybridized carbons (Fsp3) is 0.500. The van der Waals surface area contributed by atoms with Crippen molar-refractivity contribution in [2.24, 2.45) is 21.1 Å². The molecule has 0 spiro atoms. The van der Waals surface area contributed by atoms with Gasteiger partial charge in [0.05, 0.1) is 59.7 Å². The third-order valence-corrected chi connectivity index (χ3v) is 6.34. The van der Waals surface area contributed by atoms with Crippen molar-refractivity contribution in [3.05, 3.63) is 54.7 Å². The predicted octanol–water partition coefficient (Wildman–Crippen LogP) is -1.04. The molecule has 0 unspecified atom stereocenters. The molecule has 0 saturated carbocycles. The number of alkyl halides is 9. The summed E-state index contributed by atoms with van der Waals surface area (Å²) in [4.78, 5) is 92.6. The van der Waals surface area contributed by atoms with Gasteiger partial charge in [-0.1, -0.05) is 20.8 Å². The van der Waals surface area contributed by atoms with Crippen LogP contribution in [0, 0.1) is 0 Å². The fourth-order valence-electron chi connectivity index (χ4n) is 3.11. The molecule has 12 N–H and O–H groups in total. The normalized spacial score (nSPS) is 9.62. The average molecular weight is 1090 g/mol. The molecular weight excluding hydrogens is 1030 g/mol. The lowest BCUT2D eigenvalue weighted by Gasteiger charge is -2.35. The molecule has 3 heterocycles. The van der Waals surface area contributed by atoms with Gasteiger partial charge in [-0.15, -0.1) is 0 Å². The lowest BCUT2D eigenvalue weighted by atomic mass is 10.3. The Morgan fingerprint density at radius 3 is 0.616 bits per heavy atom. The van der Waals surface area contributed by atoms with E-state index in [1.807, 2.05) is 58.3 Å². The minimum atomic E-state index is -4.35. The summed E-state index contributed by atoms with van der Waals surface area (Å²) >= 11 is 0. The number of aryl methyl sites for hydroxylation is 6. The number of rotatable bonds is 9. The first-order valence-corrected chi connectivity index (χ1v) is 19.2. The number of carbonyl (C=O) groups is 9. The Morgan fingerprint density at radius 1 is 0.425 bits per heavy atom. The highest BCUT2D eigenvalue weighted by molar-refractivity contribution is 6.28. The van der Waals surface area contributed by atoms with Crippen LogP contribution in [-0.4, -0.2) is 140 Å². The zero-order chi connectivity index (χ0) is 59.5. The monoisotopic (exact) mass is 1090 g/mol. The van der Waals surface area contributed by atoms with Gasteiger partial charge >= 0.3 is 72.3 Å². The Labute approximate surface area is 406 Å². The Hall–Kier alpha value is -7.83. The van der Waals surface area contributed by atoms with Gasteiger partial charge < -0.3 is 61.0 Å². The summed E-state index contributed by atoms with van der Waals surface area (Å²) in [5.41, 5.74) is 0. The summed E-state index contributed by atoms with van der Waals surface area (Å²) in [5, 5.41) is 92.9. The second kappa shape index (κ2) is 44.1. The van der Waals surface area contributed by atoms with Gasteiger partial charge in [-0.05, 0) is 0 Å². The van der Waals surface area contributed by atoms with Crippen molar-refractivity contribution in [3.8, 4) is 0 Å². The van der Waals surface area contributed by atoms with E-state index < -0.39 is 118 Å². The van der Waals surface area contributed by atoms with Crippen LogP contribution in [0.5, 0.6) is 0 Å². The van der Waals surface area contributed by atoms with E-state index in [9.17, 15) is 53.9 Å². The van der Waals surface area contributed by atoms with Gasteiger partial charge in [-0.25, -0.2) is 57.4 Å². The number of hydrogen-bond acceptors (Lipinski definition) is 12. The summed E-state index contributed by atoms with van der Waals surface area (Å²) in [6, 6.07) is 0. The first-order valence-electron chi connectivity index (χ1n) is 19.2. The van der Waals surface area contributed by atoms with Crippen LogP contribution in [0.25, 0.3) is 0 Å². The van der Waals surface area contributed by atoms with Crippen LogP contribution in [0.15, 0.2) is 37.2 Å². The molecule has 0 aromatic carbocycles. The maximum Gasteiger partial charge on any atom is 0.414 e. The van der Waals surface area contributed by atoms with E-state index >= 15 is 0 Å². The quantitative estimate of drug-likeness (QED) is 0.0527. The Kier molecular flexibility index (Phi) is 48.0. The van der Waals surface area contributed by atoms with Crippen LogP contribution in [0.1, 0.15) is 76.8 Å². The lowest BCUT2D eigenvalue weighted by molar-refractivity contribution is -0.677. The third-order valence-electron chi connectivity index (χ3n) is 6.34. The molecule has 0 aliphatic rings. The molecule has 0 fully saturated rings. The third kappa shape index (κ3) is 73.3. The van der Waals surface area contributed by atoms with Gasteiger partial charge in [0, 0.05) is 19.3 Å². The van der Waals surface area contributed by atoms with Crippen LogP contribution < -0.4 is 28.8 Å². The van der Waals surface area contributed by atoms with Crippen molar-refractivity contribution in [1.29, 1.82) is 0 Å². The molecule has 27 nitrogen and oxygen atoms in total. The van der Waals surface area contributed by atoms with Crippen molar-refractivity contribution in [1.82, 2.24) is 15.0 Å². The highest BCUT2D eigenvalue weighted by atomic mass is 19.4. The average Bonchev–Trinajstić information content (AvgIpc) is 3.99. The number of halogens is 9. The fourth-order valence-corrected chi connectivity index (χ4v) is 3.11. The number of nitrogens with zero attached hydrogens (tertiary/aromatic N) is 3. The van der Waals surface area contributed by atoms with E-state index in [0.717, 1.165) is 19.3 Å². The number of aliphatic carboxylic acids is 9. The van der Waals surface area contributed by atoms with Gasteiger partial charge in [0.1, 0.15) is 37.2 Å². The van der Waals surface area contributed by atoms with E-state index in [4.69, 9.17) is 89.8 Å². The van der Waals surface area contributed by atoms with Crippen LogP contribution in [0.4, 0.5) is 39.5 Å². The van der Waals surface area contributed by atoms with Gasteiger partial charge in [-0.3, -0.25) is 21.7 Å². The molecule has 0 amide bonds. The summed E-state index contributed by atoms with van der Waals surface area (Å²) in [5.74, 6) is -11.4. The lowest BCUT2D eigenvalue weighted by Crippen LogP contribution is -2.56.